The summed E-state index contributed by atoms with van der Waals surface area (Å²) in [6.45, 7) is 0.930. The number of rotatable bonds is 1. The van der Waals surface area contributed by atoms with Gasteiger partial charge in [-0.1, -0.05) is 24.3 Å². The number of morpholine rings is 1. The number of carbonyl (C=O) groups is 2. The van der Waals surface area contributed by atoms with Crippen molar-refractivity contribution in [2.75, 3.05) is 19.8 Å². The summed E-state index contributed by atoms with van der Waals surface area (Å²) in [5.74, 6) is -1.27. The third-order valence-corrected chi connectivity index (χ3v) is 3.54. The number of ether oxygens (including phenoxy) is 1. The van der Waals surface area contributed by atoms with Gasteiger partial charge in [-0.2, -0.15) is 5.06 Å². The van der Waals surface area contributed by atoms with Crippen molar-refractivity contribution in [3.05, 3.63) is 35.4 Å². The molecule has 5 heteroatoms. The van der Waals surface area contributed by atoms with Gasteiger partial charge in [-0.05, 0) is 0 Å². The minimum atomic E-state index is -0.840. The van der Waals surface area contributed by atoms with Gasteiger partial charge in [0.05, 0.1) is 19.3 Å². The van der Waals surface area contributed by atoms with Crippen LogP contribution in [0.2, 0.25) is 0 Å². The Morgan fingerprint density at radius 1 is 1.17 bits per heavy atom. The zero-order chi connectivity index (χ0) is 12.7. The highest BCUT2D eigenvalue weighted by Gasteiger charge is 2.46. The molecule has 3 rings (SSSR count). The fourth-order valence-corrected chi connectivity index (χ4v) is 2.60. The Balaban J connectivity index is 1.96. The third-order valence-electron chi connectivity index (χ3n) is 3.54. The number of Topliss-reactive ketones (excluding diaryl/α,β-unsaturated/α-hetero) is 2. The summed E-state index contributed by atoms with van der Waals surface area (Å²) in [5.41, 5.74) is 0.901. The van der Waals surface area contributed by atoms with E-state index in [0.29, 0.717) is 24.3 Å². The number of ketones is 2. The average Bonchev–Trinajstić information content (AvgIpc) is 2.64. The fraction of sp³-hybridized carbons (Fsp3) is 0.385. The van der Waals surface area contributed by atoms with Crippen molar-refractivity contribution in [2.24, 2.45) is 5.92 Å². The van der Waals surface area contributed by atoms with Crippen LogP contribution in [0.25, 0.3) is 0 Å². The van der Waals surface area contributed by atoms with E-state index in [4.69, 9.17) is 4.74 Å². The molecule has 18 heavy (non-hydrogen) atoms. The van der Waals surface area contributed by atoms with E-state index < -0.39 is 12.0 Å². The highest BCUT2D eigenvalue weighted by molar-refractivity contribution is 6.26. The molecule has 0 radical (unpaired) electrons. The van der Waals surface area contributed by atoms with E-state index in [1.54, 1.807) is 24.3 Å². The smallest absolute Gasteiger partial charge is 0.176 e. The minimum Gasteiger partial charge on any atom is -0.378 e. The molecule has 0 amide bonds. The van der Waals surface area contributed by atoms with Crippen molar-refractivity contribution in [2.45, 2.75) is 6.04 Å². The van der Waals surface area contributed by atoms with Crippen molar-refractivity contribution >= 4 is 11.6 Å². The van der Waals surface area contributed by atoms with Crippen molar-refractivity contribution in [3.8, 4) is 0 Å². The summed E-state index contributed by atoms with van der Waals surface area (Å²) in [5, 5.41) is 10.8. The summed E-state index contributed by atoms with van der Waals surface area (Å²) in [6.07, 6.45) is 0. The Morgan fingerprint density at radius 3 is 2.33 bits per heavy atom. The number of hydrogen-bond donors (Lipinski definition) is 1. The molecule has 1 aromatic carbocycles. The van der Waals surface area contributed by atoms with E-state index >= 15 is 0 Å². The number of hydroxylamine groups is 2. The first-order valence-electron chi connectivity index (χ1n) is 5.91. The van der Waals surface area contributed by atoms with Crippen LogP contribution >= 0.6 is 0 Å². The summed E-state index contributed by atoms with van der Waals surface area (Å²) >= 11 is 0. The lowest BCUT2D eigenvalue weighted by atomic mass is 9.94. The number of carbonyl (C=O) groups excluding carboxylic acids is 2. The molecule has 0 bridgehead atoms. The molecule has 94 valence electrons. The predicted octanol–water partition coefficient (Wildman–Crippen LogP) is 0.772. The quantitative estimate of drug-likeness (QED) is 0.742. The van der Waals surface area contributed by atoms with E-state index in [0.717, 1.165) is 5.06 Å². The van der Waals surface area contributed by atoms with Crippen LogP contribution in [0.4, 0.5) is 0 Å². The normalized spacial score (nSPS) is 25.5. The van der Waals surface area contributed by atoms with Crippen LogP contribution in [-0.4, -0.2) is 47.6 Å². The molecule has 5 nitrogen and oxygen atoms in total. The lowest BCUT2D eigenvalue weighted by Gasteiger charge is -2.32. The molecule has 1 unspecified atom stereocenters. The van der Waals surface area contributed by atoms with Crippen molar-refractivity contribution in [1.82, 2.24) is 5.06 Å². The van der Waals surface area contributed by atoms with Crippen molar-refractivity contribution in [3.63, 3.8) is 0 Å². The van der Waals surface area contributed by atoms with E-state index in [-0.39, 0.29) is 18.2 Å². The highest BCUT2D eigenvalue weighted by atomic mass is 16.5. The van der Waals surface area contributed by atoms with Crippen molar-refractivity contribution < 1.29 is 19.5 Å². The second-order valence-electron chi connectivity index (χ2n) is 4.56. The van der Waals surface area contributed by atoms with E-state index in [9.17, 15) is 14.8 Å². The Morgan fingerprint density at radius 2 is 1.78 bits per heavy atom. The van der Waals surface area contributed by atoms with Crippen LogP contribution in [-0.2, 0) is 4.74 Å². The molecular formula is C13H13NO4. The predicted molar refractivity (Wildman–Crippen MR) is 61.7 cm³/mol. The van der Waals surface area contributed by atoms with Crippen LogP contribution in [0.5, 0.6) is 0 Å². The SMILES string of the molecule is O=C1c2ccccc2C(=O)C1C1COCCN1O. The van der Waals surface area contributed by atoms with Crippen molar-refractivity contribution in [1.29, 1.82) is 0 Å². The van der Waals surface area contributed by atoms with Gasteiger partial charge in [-0.3, -0.25) is 9.59 Å². The van der Waals surface area contributed by atoms with Crippen LogP contribution in [0.15, 0.2) is 24.3 Å². The van der Waals surface area contributed by atoms with Gasteiger partial charge in [0.25, 0.3) is 0 Å². The molecule has 1 aliphatic heterocycles. The standard InChI is InChI=1S/C13H13NO4/c15-12-8-3-1-2-4-9(8)13(16)11(12)10-7-18-6-5-14(10)17/h1-4,10-11,17H,5-7H2. The topological polar surface area (TPSA) is 66.8 Å². The van der Waals surface area contributed by atoms with Gasteiger partial charge in [-0.25, -0.2) is 0 Å². The molecular weight excluding hydrogens is 234 g/mol. The maximum absolute atomic E-state index is 12.2. The van der Waals surface area contributed by atoms with Gasteiger partial charge in [-0.15, -0.1) is 0 Å². The van der Waals surface area contributed by atoms with Gasteiger partial charge in [0, 0.05) is 17.7 Å². The summed E-state index contributed by atoms with van der Waals surface area (Å²) in [4.78, 5) is 24.5. The fourth-order valence-electron chi connectivity index (χ4n) is 2.60. The molecule has 2 aliphatic rings. The zero-order valence-electron chi connectivity index (χ0n) is 9.70. The van der Waals surface area contributed by atoms with Gasteiger partial charge in [0.1, 0.15) is 5.92 Å². The molecule has 1 aromatic rings. The second kappa shape index (κ2) is 4.28. The molecule has 1 N–H and O–H groups in total. The molecule has 0 saturated carbocycles. The van der Waals surface area contributed by atoms with E-state index in [1.807, 2.05) is 0 Å². The summed E-state index contributed by atoms with van der Waals surface area (Å²) in [7, 11) is 0. The van der Waals surface area contributed by atoms with Gasteiger partial charge >= 0.3 is 0 Å². The zero-order valence-corrected chi connectivity index (χ0v) is 9.70. The molecule has 0 aromatic heterocycles. The molecule has 1 aliphatic carbocycles. The monoisotopic (exact) mass is 247 g/mol. The van der Waals surface area contributed by atoms with E-state index in [2.05, 4.69) is 0 Å². The van der Waals surface area contributed by atoms with Crippen LogP contribution in [0, 0.1) is 5.92 Å². The first-order chi connectivity index (χ1) is 8.70. The first-order valence-corrected chi connectivity index (χ1v) is 5.91. The largest absolute Gasteiger partial charge is 0.378 e. The Kier molecular flexibility index (Phi) is 2.74. The van der Waals surface area contributed by atoms with Crippen LogP contribution in [0.3, 0.4) is 0 Å². The van der Waals surface area contributed by atoms with Crippen LogP contribution < -0.4 is 0 Å². The molecule has 1 fully saturated rings. The van der Waals surface area contributed by atoms with E-state index in [1.165, 1.54) is 0 Å². The summed E-state index contributed by atoms with van der Waals surface area (Å²) in [6, 6.07) is 6.20. The maximum Gasteiger partial charge on any atom is 0.176 e. The summed E-state index contributed by atoms with van der Waals surface area (Å²) < 4.78 is 5.25. The minimum absolute atomic E-state index is 0.201. The van der Waals surface area contributed by atoms with Crippen LogP contribution in [0.1, 0.15) is 20.7 Å². The number of nitrogens with zero attached hydrogens (tertiary/aromatic N) is 1. The number of hydrogen-bond acceptors (Lipinski definition) is 5. The lowest BCUT2D eigenvalue weighted by molar-refractivity contribution is -0.186. The molecule has 1 atom stereocenters. The van der Waals surface area contributed by atoms with Gasteiger partial charge < -0.3 is 9.94 Å². The first kappa shape index (κ1) is 11.5. The lowest BCUT2D eigenvalue weighted by Crippen LogP contribution is -2.50. The Labute approximate surface area is 104 Å². The Bertz CT molecular complexity index is 478. The average molecular weight is 247 g/mol. The number of fused-ring (bicyclic) bond motifs is 1. The molecule has 1 heterocycles. The third kappa shape index (κ3) is 1.59. The molecule has 0 spiro atoms. The maximum atomic E-state index is 12.2. The highest BCUT2D eigenvalue weighted by Crippen LogP contribution is 2.31. The van der Waals surface area contributed by atoms with Gasteiger partial charge in [0.2, 0.25) is 0 Å². The van der Waals surface area contributed by atoms with Gasteiger partial charge in [0.15, 0.2) is 11.6 Å². The number of benzene rings is 1. The second-order valence-corrected chi connectivity index (χ2v) is 4.56. The Hall–Kier alpha value is -1.56. The molecule has 1 saturated heterocycles.